The molecule has 1 aromatic heterocycles. The van der Waals surface area contributed by atoms with Crippen LogP contribution in [0.3, 0.4) is 0 Å². The van der Waals surface area contributed by atoms with E-state index in [1.807, 2.05) is 4.90 Å². The number of piperidine rings is 1. The molecule has 2 saturated carbocycles. The molecule has 0 bridgehead atoms. The Morgan fingerprint density at radius 2 is 1.81 bits per heavy atom. The molecule has 3 fully saturated rings. The minimum Gasteiger partial charge on any atom is -0.476 e. The molecule has 1 spiro atoms. The fourth-order valence-corrected chi connectivity index (χ4v) is 6.23. The van der Waals surface area contributed by atoms with E-state index in [0.717, 1.165) is 38.3 Å². The lowest BCUT2D eigenvalue weighted by Gasteiger charge is -2.52. The van der Waals surface area contributed by atoms with Gasteiger partial charge in [-0.3, -0.25) is 9.59 Å². The molecule has 2 aliphatic carbocycles. The molecule has 1 aliphatic heterocycles. The summed E-state index contributed by atoms with van der Waals surface area (Å²) in [5.74, 6) is -0.366. The van der Waals surface area contributed by atoms with E-state index in [2.05, 4.69) is 4.98 Å². The average molecular weight is 446 g/mol. The number of carboxylic acid groups (broad SMARTS) is 1. The molecule has 0 aromatic carbocycles. The van der Waals surface area contributed by atoms with Crippen molar-refractivity contribution < 1.29 is 19.8 Å². The molecule has 1 amide bonds. The molecule has 2 N–H and O–H groups in total. The van der Waals surface area contributed by atoms with Gasteiger partial charge in [-0.05, 0) is 31.6 Å². The summed E-state index contributed by atoms with van der Waals surface area (Å²) >= 11 is 0. The van der Waals surface area contributed by atoms with Gasteiger partial charge < -0.3 is 19.7 Å². The minimum absolute atomic E-state index is 0.0265. The first-order chi connectivity index (χ1) is 15.3. The number of aromatic nitrogens is 2. The molecule has 3 aliphatic rings. The number of aliphatic hydroxyl groups is 1. The SMILES string of the molecule is O=C(O)c1cn(CC2(O)CCN(C(=O)CCC3CCCCC3)CC23CCCC3)c(=O)cn1. The fraction of sp³-hybridized carbons (Fsp3) is 0.750. The minimum atomic E-state index is -1.21. The van der Waals surface area contributed by atoms with Gasteiger partial charge in [-0.15, -0.1) is 0 Å². The predicted molar refractivity (Wildman–Crippen MR) is 118 cm³/mol. The lowest BCUT2D eigenvalue weighted by atomic mass is 9.65. The second kappa shape index (κ2) is 9.33. The Labute approximate surface area is 188 Å². The van der Waals surface area contributed by atoms with Crippen molar-refractivity contribution in [2.75, 3.05) is 13.1 Å². The van der Waals surface area contributed by atoms with E-state index < -0.39 is 22.5 Å². The Bertz CT molecular complexity index is 901. The third-order valence-corrected chi connectivity index (χ3v) is 8.21. The van der Waals surface area contributed by atoms with Gasteiger partial charge in [-0.25, -0.2) is 9.78 Å². The summed E-state index contributed by atoms with van der Waals surface area (Å²) in [6.07, 6.45) is 14.0. The van der Waals surface area contributed by atoms with E-state index >= 15 is 0 Å². The van der Waals surface area contributed by atoms with Crippen molar-refractivity contribution in [2.45, 2.75) is 89.2 Å². The third-order valence-electron chi connectivity index (χ3n) is 8.21. The number of rotatable bonds is 6. The highest BCUT2D eigenvalue weighted by molar-refractivity contribution is 5.84. The number of amides is 1. The lowest BCUT2D eigenvalue weighted by Crippen LogP contribution is -2.62. The van der Waals surface area contributed by atoms with E-state index in [-0.39, 0.29) is 18.1 Å². The Balaban J connectivity index is 1.48. The number of aromatic carboxylic acids is 1. The average Bonchev–Trinajstić information content (AvgIpc) is 3.26. The summed E-state index contributed by atoms with van der Waals surface area (Å²) in [5, 5.41) is 21.0. The molecule has 0 radical (unpaired) electrons. The van der Waals surface area contributed by atoms with Gasteiger partial charge in [0, 0.05) is 31.1 Å². The number of nitrogens with zero attached hydrogens (tertiary/aromatic N) is 3. The summed E-state index contributed by atoms with van der Waals surface area (Å²) in [4.78, 5) is 42.3. The van der Waals surface area contributed by atoms with Crippen LogP contribution in [0.15, 0.2) is 17.2 Å². The molecule has 8 nitrogen and oxygen atoms in total. The molecule has 4 rings (SSSR count). The number of hydrogen-bond donors (Lipinski definition) is 2. The molecule has 176 valence electrons. The van der Waals surface area contributed by atoms with Crippen LogP contribution >= 0.6 is 0 Å². The molecule has 1 saturated heterocycles. The van der Waals surface area contributed by atoms with E-state index in [1.165, 1.54) is 42.9 Å². The van der Waals surface area contributed by atoms with Crippen molar-refractivity contribution in [3.63, 3.8) is 0 Å². The Morgan fingerprint density at radius 3 is 2.50 bits per heavy atom. The topological polar surface area (TPSA) is 113 Å². The van der Waals surface area contributed by atoms with E-state index in [1.54, 1.807) is 0 Å². The van der Waals surface area contributed by atoms with Crippen LogP contribution in [0.4, 0.5) is 0 Å². The van der Waals surface area contributed by atoms with Crippen LogP contribution in [-0.2, 0) is 11.3 Å². The molecule has 1 aromatic rings. The van der Waals surface area contributed by atoms with Crippen LogP contribution in [0.1, 0.15) is 87.5 Å². The maximum atomic E-state index is 13.0. The lowest BCUT2D eigenvalue weighted by molar-refractivity contribution is -0.160. The quantitative estimate of drug-likeness (QED) is 0.696. The number of carbonyl (C=O) groups is 2. The summed E-state index contributed by atoms with van der Waals surface area (Å²) in [6, 6.07) is 0. The monoisotopic (exact) mass is 445 g/mol. The Hall–Kier alpha value is -2.22. The normalized spacial score (nSPS) is 25.8. The zero-order valence-corrected chi connectivity index (χ0v) is 18.8. The predicted octanol–water partition coefficient (Wildman–Crippen LogP) is 2.83. The fourth-order valence-electron chi connectivity index (χ4n) is 6.23. The summed E-state index contributed by atoms with van der Waals surface area (Å²) in [5.41, 5.74) is -2.27. The number of hydrogen-bond acceptors (Lipinski definition) is 5. The van der Waals surface area contributed by atoms with Crippen molar-refractivity contribution in [3.8, 4) is 0 Å². The number of carbonyl (C=O) groups excluding carboxylic acids is 1. The van der Waals surface area contributed by atoms with Gasteiger partial charge >= 0.3 is 5.97 Å². The summed E-state index contributed by atoms with van der Waals surface area (Å²) < 4.78 is 1.27. The number of carboxylic acids is 1. The maximum Gasteiger partial charge on any atom is 0.356 e. The van der Waals surface area contributed by atoms with E-state index in [0.29, 0.717) is 31.8 Å². The molecular formula is C24H35N3O5. The first kappa shape index (κ1) is 23.0. The highest BCUT2D eigenvalue weighted by Crippen LogP contribution is 2.51. The van der Waals surface area contributed by atoms with Gasteiger partial charge in [0.15, 0.2) is 5.69 Å². The van der Waals surface area contributed by atoms with Crippen molar-refractivity contribution in [1.29, 1.82) is 0 Å². The highest BCUT2D eigenvalue weighted by Gasteiger charge is 2.55. The maximum absolute atomic E-state index is 13.0. The van der Waals surface area contributed by atoms with Crippen molar-refractivity contribution in [1.82, 2.24) is 14.5 Å². The zero-order chi connectivity index (χ0) is 22.8. The third kappa shape index (κ3) is 4.60. The Kier molecular flexibility index (Phi) is 6.70. The summed E-state index contributed by atoms with van der Waals surface area (Å²) in [6.45, 7) is 1.00. The standard InChI is InChI=1S/C24H35N3O5/c28-20(9-8-18-6-2-1-3-7-18)26-13-12-24(32,23(16-26)10-4-5-11-23)17-27-15-19(22(30)31)25-14-21(27)29/h14-15,18,32H,1-13,16-17H2,(H,30,31). The Morgan fingerprint density at radius 1 is 1.09 bits per heavy atom. The van der Waals surface area contributed by atoms with Gasteiger partial charge in [-0.2, -0.15) is 0 Å². The van der Waals surface area contributed by atoms with Crippen LogP contribution in [0.2, 0.25) is 0 Å². The molecule has 1 unspecified atom stereocenters. The van der Waals surface area contributed by atoms with Crippen LogP contribution < -0.4 is 5.56 Å². The molecule has 32 heavy (non-hydrogen) atoms. The van der Waals surface area contributed by atoms with Gasteiger partial charge in [0.25, 0.3) is 5.56 Å². The zero-order valence-electron chi connectivity index (χ0n) is 18.8. The molecule has 1 atom stereocenters. The first-order valence-corrected chi connectivity index (χ1v) is 12.1. The van der Waals surface area contributed by atoms with Crippen molar-refractivity contribution in [2.24, 2.45) is 11.3 Å². The van der Waals surface area contributed by atoms with Crippen LogP contribution in [0.25, 0.3) is 0 Å². The van der Waals surface area contributed by atoms with E-state index in [9.17, 15) is 24.6 Å². The second-order valence-electron chi connectivity index (χ2n) is 10.2. The van der Waals surface area contributed by atoms with Crippen molar-refractivity contribution >= 4 is 11.9 Å². The van der Waals surface area contributed by atoms with Crippen LogP contribution in [0.5, 0.6) is 0 Å². The largest absolute Gasteiger partial charge is 0.476 e. The van der Waals surface area contributed by atoms with Gasteiger partial charge in [0.2, 0.25) is 5.91 Å². The van der Waals surface area contributed by atoms with E-state index in [4.69, 9.17) is 0 Å². The second-order valence-corrected chi connectivity index (χ2v) is 10.2. The van der Waals surface area contributed by atoms with Gasteiger partial charge in [0.1, 0.15) is 0 Å². The van der Waals surface area contributed by atoms with Crippen LogP contribution in [-0.4, -0.2) is 55.2 Å². The van der Waals surface area contributed by atoms with Crippen molar-refractivity contribution in [3.05, 3.63) is 28.4 Å². The van der Waals surface area contributed by atoms with Gasteiger partial charge in [0.05, 0.1) is 18.3 Å². The number of likely N-dealkylation sites (tertiary alicyclic amines) is 1. The highest BCUT2D eigenvalue weighted by atomic mass is 16.4. The van der Waals surface area contributed by atoms with Gasteiger partial charge in [-0.1, -0.05) is 44.9 Å². The van der Waals surface area contributed by atoms with Crippen LogP contribution in [0, 0.1) is 11.3 Å². The molecule has 2 heterocycles. The summed E-state index contributed by atoms with van der Waals surface area (Å²) in [7, 11) is 0. The first-order valence-electron chi connectivity index (χ1n) is 12.1. The molecular weight excluding hydrogens is 410 g/mol. The molecule has 8 heteroatoms. The smallest absolute Gasteiger partial charge is 0.356 e.